The third-order valence-electron chi connectivity index (χ3n) is 4.14. The highest BCUT2D eigenvalue weighted by Crippen LogP contribution is 2.24. The molecule has 0 saturated carbocycles. The minimum atomic E-state index is -3.13. The number of hydrogen-bond acceptors (Lipinski definition) is 6. The first-order valence-corrected chi connectivity index (χ1v) is 10.3. The first kappa shape index (κ1) is 17.6. The molecule has 1 saturated heterocycles. The first-order chi connectivity index (χ1) is 11.9. The molecule has 1 fully saturated rings. The maximum Gasteiger partial charge on any atom is 0.269 e. The van der Waals surface area contributed by atoms with Crippen LogP contribution in [0.25, 0.3) is 0 Å². The average Bonchev–Trinajstić information content (AvgIpc) is 3.21. The number of thiophene rings is 1. The number of nitro benzene ring substituents is 1. The van der Waals surface area contributed by atoms with Gasteiger partial charge >= 0.3 is 0 Å². The van der Waals surface area contributed by atoms with E-state index in [4.69, 9.17) is 0 Å². The highest BCUT2D eigenvalue weighted by atomic mass is 32.2. The predicted molar refractivity (Wildman–Crippen MR) is 94.3 cm³/mol. The van der Waals surface area contributed by atoms with Crippen LogP contribution in [0, 0.1) is 10.1 Å². The Balaban J connectivity index is 1.87. The van der Waals surface area contributed by atoms with E-state index in [2.05, 4.69) is 0 Å². The summed E-state index contributed by atoms with van der Waals surface area (Å²) < 4.78 is 23.6. The summed E-state index contributed by atoms with van der Waals surface area (Å²) in [5, 5.41) is 12.7. The van der Waals surface area contributed by atoms with Crippen LogP contribution >= 0.6 is 11.3 Å². The van der Waals surface area contributed by atoms with Gasteiger partial charge in [0.25, 0.3) is 11.6 Å². The number of rotatable bonds is 5. The van der Waals surface area contributed by atoms with Gasteiger partial charge in [0.1, 0.15) is 0 Å². The Morgan fingerprint density at radius 3 is 2.52 bits per heavy atom. The monoisotopic (exact) mass is 380 g/mol. The lowest BCUT2D eigenvalue weighted by atomic mass is 10.1. The Kier molecular flexibility index (Phi) is 4.87. The predicted octanol–water partition coefficient (Wildman–Crippen LogP) is 2.49. The van der Waals surface area contributed by atoms with Crippen LogP contribution in [0.4, 0.5) is 5.69 Å². The molecule has 1 aliphatic rings. The second-order valence-corrected chi connectivity index (χ2v) is 9.13. The summed E-state index contributed by atoms with van der Waals surface area (Å²) in [5.74, 6) is -0.283. The van der Waals surface area contributed by atoms with E-state index >= 15 is 0 Å². The van der Waals surface area contributed by atoms with E-state index in [0.717, 1.165) is 4.88 Å². The fourth-order valence-electron chi connectivity index (χ4n) is 2.85. The lowest BCUT2D eigenvalue weighted by molar-refractivity contribution is -0.384. The molecule has 1 atom stereocenters. The van der Waals surface area contributed by atoms with Crippen molar-refractivity contribution in [3.05, 3.63) is 62.3 Å². The smallest absolute Gasteiger partial charge is 0.269 e. The van der Waals surface area contributed by atoms with Gasteiger partial charge in [-0.05, 0) is 30.0 Å². The van der Waals surface area contributed by atoms with Gasteiger partial charge in [-0.15, -0.1) is 11.3 Å². The average molecular weight is 380 g/mol. The third-order valence-corrected chi connectivity index (χ3v) is 6.75. The van der Waals surface area contributed by atoms with Crippen molar-refractivity contribution in [2.75, 3.05) is 11.5 Å². The van der Waals surface area contributed by atoms with Gasteiger partial charge in [-0.3, -0.25) is 14.9 Å². The lowest BCUT2D eigenvalue weighted by Gasteiger charge is -2.28. The zero-order valence-electron chi connectivity index (χ0n) is 13.2. The van der Waals surface area contributed by atoms with Crippen LogP contribution in [0.1, 0.15) is 21.7 Å². The SMILES string of the molecule is O=C(c1ccc([N+](=O)[O-])cc1)N(Cc1cccs1)[C@@H]1CCS(=O)(=O)C1. The highest BCUT2D eigenvalue weighted by Gasteiger charge is 2.35. The Morgan fingerprint density at radius 2 is 2.00 bits per heavy atom. The number of carbonyl (C=O) groups excluding carboxylic acids is 1. The van der Waals surface area contributed by atoms with Crippen molar-refractivity contribution in [1.82, 2.24) is 4.90 Å². The van der Waals surface area contributed by atoms with E-state index in [-0.39, 0.29) is 29.1 Å². The van der Waals surface area contributed by atoms with Crippen molar-refractivity contribution in [1.29, 1.82) is 0 Å². The molecular formula is C16H16N2O5S2. The van der Waals surface area contributed by atoms with Crippen LogP contribution in [0.5, 0.6) is 0 Å². The molecule has 0 spiro atoms. The maximum absolute atomic E-state index is 12.9. The van der Waals surface area contributed by atoms with Crippen molar-refractivity contribution in [2.24, 2.45) is 0 Å². The summed E-state index contributed by atoms with van der Waals surface area (Å²) in [6.45, 7) is 0.327. The number of hydrogen-bond donors (Lipinski definition) is 0. The molecule has 132 valence electrons. The van der Waals surface area contributed by atoms with Crippen molar-refractivity contribution in [3.8, 4) is 0 Å². The van der Waals surface area contributed by atoms with Crippen molar-refractivity contribution in [2.45, 2.75) is 19.0 Å². The minimum Gasteiger partial charge on any atom is -0.329 e. The quantitative estimate of drug-likeness (QED) is 0.586. The number of nitro groups is 1. The molecule has 1 amide bonds. The molecular weight excluding hydrogens is 364 g/mol. The fraction of sp³-hybridized carbons (Fsp3) is 0.312. The minimum absolute atomic E-state index is 0.0445. The van der Waals surface area contributed by atoms with Crippen LogP contribution in [-0.2, 0) is 16.4 Å². The molecule has 9 heteroatoms. The largest absolute Gasteiger partial charge is 0.329 e. The Morgan fingerprint density at radius 1 is 1.28 bits per heavy atom. The zero-order chi connectivity index (χ0) is 18.0. The van der Waals surface area contributed by atoms with Crippen molar-refractivity contribution < 1.29 is 18.1 Å². The molecule has 1 aromatic carbocycles. The normalized spacial score (nSPS) is 18.8. The summed E-state index contributed by atoms with van der Waals surface area (Å²) in [5.41, 5.74) is 0.219. The van der Waals surface area contributed by atoms with E-state index in [1.807, 2.05) is 17.5 Å². The Labute approximate surface area is 149 Å². The Bertz CT molecular complexity index is 876. The van der Waals surface area contributed by atoms with Crippen LogP contribution in [0.3, 0.4) is 0 Å². The lowest BCUT2D eigenvalue weighted by Crippen LogP contribution is -2.40. The number of nitrogens with zero attached hydrogens (tertiary/aromatic N) is 2. The molecule has 0 N–H and O–H groups in total. The van der Waals surface area contributed by atoms with E-state index in [0.29, 0.717) is 18.5 Å². The zero-order valence-corrected chi connectivity index (χ0v) is 14.8. The van der Waals surface area contributed by atoms with Gasteiger partial charge in [-0.25, -0.2) is 8.42 Å². The summed E-state index contributed by atoms with van der Waals surface area (Å²) in [4.78, 5) is 25.7. The van der Waals surface area contributed by atoms with Gasteiger partial charge in [0.2, 0.25) is 0 Å². The number of benzene rings is 1. The van der Waals surface area contributed by atoms with Gasteiger partial charge in [0.05, 0.1) is 23.0 Å². The number of amides is 1. The Hall–Kier alpha value is -2.26. The topological polar surface area (TPSA) is 97.6 Å². The molecule has 0 radical (unpaired) electrons. The molecule has 0 unspecified atom stereocenters. The highest BCUT2D eigenvalue weighted by molar-refractivity contribution is 7.91. The van der Waals surface area contributed by atoms with Gasteiger partial charge in [-0.1, -0.05) is 6.07 Å². The molecule has 0 aliphatic carbocycles. The molecule has 25 heavy (non-hydrogen) atoms. The second kappa shape index (κ2) is 6.93. The molecule has 1 aliphatic heterocycles. The van der Waals surface area contributed by atoms with Crippen molar-refractivity contribution in [3.63, 3.8) is 0 Å². The number of carbonyl (C=O) groups is 1. The standard InChI is InChI=1S/C16H16N2O5S2/c19-16(12-3-5-13(6-4-12)18(20)21)17(10-15-2-1-8-24-15)14-7-9-25(22,23)11-14/h1-6,8,14H,7,9-11H2/t14-/m1/s1. The number of sulfone groups is 1. The summed E-state index contributed by atoms with van der Waals surface area (Å²) >= 11 is 1.50. The van der Waals surface area contributed by atoms with Crippen molar-refractivity contribution >= 4 is 32.8 Å². The van der Waals surface area contributed by atoms with E-state index in [1.54, 1.807) is 4.90 Å². The molecule has 0 bridgehead atoms. The summed E-state index contributed by atoms with van der Waals surface area (Å²) in [6.07, 6.45) is 0.409. The van der Waals surface area contributed by atoms with Crippen LogP contribution in [-0.4, -0.2) is 41.7 Å². The summed E-state index contributed by atoms with van der Waals surface area (Å²) in [7, 11) is -3.13. The maximum atomic E-state index is 12.9. The van der Waals surface area contributed by atoms with E-state index in [9.17, 15) is 23.3 Å². The summed E-state index contributed by atoms with van der Waals surface area (Å²) in [6, 6.07) is 8.76. The van der Waals surface area contributed by atoms with Crippen LogP contribution in [0.15, 0.2) is 41.8 Å². The molecule has 3 rings (SSSR count). The third kappa shape index (κ3) is 4.05. The van der Waals surface area contributed by atoms with E-state index < -0.39 is 14.8 Å². The molecule has 1 aromatic heterocycles. The van der Waals surface area contributed by atoms with Gasteiger partial charge in [-0.2, -0.15) is 0 Å². The second-order valence-electron chi connectivity index (χ2n) is 5.87. The number of non-ortho nitro benzene ring substituents is 1. The molecule has 7 nitrogen and oxygen atoms in total. The van der Waals surface area contributed by atoms with Gasteiger partial charge in [0.15, 0.2) is 9.84 Å². The van der Waals surface area contributed by atoms with Crippen LogP contribution in [0.2, 0.25) is 0 Å². The van der Waals surface area contributed by atoms with E-state index in [1.165, 1.54) is 35.6 Å². The van der Waals surface area contributed by atoms with Crippen LogP contribution < -0.4 is 0 Å². The fourth-order valence-corrected chi connectivity index (χ4v) is 5.28. The van der Waals surface area contributed by atoms with Gasteiger partial charge in [0, 0.05) is 28.6 Å². The molecule has 2 heterocycles. The first-order valence-electron chi connectivity index (χ1n) is 7.64. The van der Waals surface area contributed by atoms with Gasteiger partial charge < -0.3 is 4.90 Å². The molecule has 2 aromatic rings.